The Kier molecular flexibility index (Phi) is 3.77. The topological polar surface area (TPSA) is 30.9 Å². The van der Waals surface area contributed by atoms with Crippen molar-refractivity contribution in [1.82, 2.24) is 4.57 Å². The molecule has 0 radical (unpaired) electrons. The predicted molar refractivity (Wildman–Crippen MR) is 85.3 cm³/mol. The summed E-state index contributed by atoms with van der Waals surface area (Å²) in [5, 5.41) is 2.01. The van der Waals surface area contributed by atoms with E-state index >= 15 is 0 Å². The van der Waals surface area contributed by atoms with Crippen LogP contribution in [0.1, 0.15) is 11.1 Å². The third-order valence-electron chi connectivity index (χ3n) is 3.54. The van der Waals surface area contributed by atoms with Gasteiger partial charge in [0.15, 0.2) is 0 Å². The molecule has 2 N–H and O–H groups in total. The Labute approximate surface area is 123 Å². The molecule has 3 aromatic rings. The third kappa shape index (κ3) is 2.58. The second-order valence-electron chi connectivity index (χ2n) is 4.97. The van der Waals surface area contributed by atoms with Crippen LogP contribution in [0.15, 0.2) is 54.7 Å². The predicted octanol–water partition coefficient (Wildman–Crippen LogP) is 3.84. The molecule has 0 bridgehead atoms. The van der Waals surface area contributed by atoms with Gasteiger partial charge in [0, 0.05) is 23.2 Å². The van der Waals surface area contributed by atoms with Crippen LogP contribution >= 0.6 is 11.6 Å². The molecule has 0 aliphatic heterocycles. The molecule has 3 rings (SSSR count). The number of hydrogen-bond donors (Lipinski definition) is 1. The van der Waals surface area contributed by atoms with Gasteiger partial charge in [0.25, 0.3) is 0 Å². The molecule has 0 atom stereocenters. The molecule has 1 heterocycles. The monoisotopic (exact) mass is 284 g/mol. The lowest BCUT2D eigenvalue weighted by atomic mass is 10.1. The standard InChI is InChI=1S/C17H17ClN2/c18-15-6-7-16-14(8-9-19)12-20(17(16)10-15)11-13-4-2-1-3-5-13/h1-7,10,12H,8-9,11,19H2. The SMILES string of the molecule is NCCc1cn(Cc2ccccc2)c2cc(Cl)ccc12. The summed E-state index contributed by atoms with van der Waals surface area (Å²) < 4.78 is 2.25. The first-order chi connectivity index (χ1) is 9.78. The molecule has 0 amide bonds. The highest BCUT2D eigenvalue weighted by molar-refractivity contribution is 6.31. The van der Waals surface area contributed by atoms with Crippen molar-refractivity contribution in [3.63, 3.8) is 0 Å². The molecule has 2 aromatic carbocycles. The van der Waals surface area contributed by atoms with Crippen LogP contribution in [0, 0.1) is 0 Å². The average Bonchev–Trinajstić information content (AvgIpc) is 2.78. The van der Waals surface area contributed by atoms with E-state index in [1.807, 2.05) is 18.2 Å². The van der Waals surface area contributed by atoms with Gasteiger partial charge in [-0.25, -0.2) is 0 Å². The Morgan fingerprint density at radius 2 is 1.85 bits per heavy atom. The summed E-state index contributed by atoms with van der Waals surface area (Å²) >= 11 is 6.14. The maximum absolute atomic E-state index is 6.14. The fourth-order valence-electron chi connectivity index (χ4n) is 2.61. The van der Waals surface area contributed by atoms with Crippen LogP contribution in [0.5, 0.6) is 0 Å². The molecule has 102 valence electrons. The second kappa shape index (κ2) is 5.70. The summed E-state index contributed by atoms with van der Waals surface area (Å²) in [7, 11) is 0. The number of fused-ring (bicyclic) bond motifs is 1. The number of aromatic nitrogens is 1. The maximum atomic E-state index is 6.14. The summed E-state index contributed by atoms with van der Waals surface area (Å²) in [5.74, 6) is 0. The molecule has 0 unspecified atom stereocenters. The zero-order chi connectivity index (χ0) is 13.9. The molecule has 0 aliphatic carbocycles. The number of rotatable bonds is 4. The highest BCUT2D eigenvalue weighted by Gasteiger charge is 2.09. The second-order valence-corrected chi connectivity index (χ2v) is 5.40. The molecular formula is C17H17ClN2. The molecule has 20 heavy (non-hydrogen) atoms. The van der Waals surface area contributed by atoms with Gasteiger partial charge in [-0.15, -0.1) is 0 Å². The molecule has 3 heteroatoms. The number of nitrogens with zero attached hydrogens (tertiary/aromatic N) is 1. The van der Waals surface area contributed by atoms with Gasteiger partial charge >= 0.3 is 0 Å². The van der Waals surface area contributed by atoms with Gasteiger partial charge < -0.3 is 10.3 Å². The zero-order valence-electron chi connectivity index (χ0n) is 11.2. The van der Waals surface area contributed by atoms with E-state index in [1.54, 1.807) is 0 Å². The maximum Gasteiger partial charge on any atom is 0.0501 e. The Bertz CT molecular complexity index is 716. The largest absolute Gasteiger partial charge is 0.343 e. The van der Waals surface area contributed by atoms with Gasteiger partial charge in [-0.05, 0) is 36.2 Å². The molecule has 0 saturated carbocycles. The summed E-state index contributed by atoms with van der Waals surface area (Å²) in [5.41, 5.74) is 9.45. The van der Waals surface area contributed by atoms with Crippen molar-refractivity contribution in [1.29, 1.82) is 0 Å². The van der Waals surface area contributed by atoms with Crippen molar-refractivity contribution in [3.8, 4) is 0 Å². The van der Waals surface area contributed by atoms with Gasteiger partial charge in [0.2, 0.25) is 0 Å². The zero-order valence-corrected chi connectivity index (χ0v) is 12.0. The summed E-state index contributed by atoms with van der Waals surface area (Å²) in [4.78, 5) is 0. The lowest BCUT2D eigenvalue weighted by Gasteiger charge is -2.05. The first-order valence-corrected chi connectivity index (χ1v) is 7.17. The quantitative estimate of drug-likeness (QED) is 0.775. The normalized spacial score (nSPS) is 11.1. The molecular weight excluding hydrogens is 268 g/mol. The van der Waals surface area contributed by atoms with Crippen LogP contribution in [-0.2, 0) is 13.0 Å². The molecule has 0 fully saturated rings. The molecule has 0 saturated heterocycles. The van der Waals surface area contributed by atoms with Gasteiger partial charge in [0.1, 0.15) is 0 Å². The van der Waals surface area contributed by atoms with Crippen LogP contribution in [-0.4, -0.2) is 11.1 Å². The average molecular weight is 285 g/mol. The lowest BCUT2D eigenvalue weighted by Crippen LogP contribution is -2.02. The van der Waals surface area contributed by atoms with Crippen molar-refractivity contribution in [2.75, 3.05) is 6.54 Å². The van der Waals surface area contributed by atoms with E-state index in [-0.39, 0.29) is 0 Å². The summed E-state index contributed by atoms with van der Waals surface area (Å²) in [6.45, 7) is 1.51. The minimum absolute atomic E-state index is 0.660. The van der Waals surface area contributed by atoms with Crippen molar-refractivity contribution < 1.29 is 0 Å². The van der Waals surface area contributed by atoms with Crippen molar-refractivity contribution in [2.24, 2.45) is 5.73 Å². The van der Waals surface area contributed by atoms with Crippen LogP contribution in [0.3, 0.4) is 0 Å². The van der Waals surface area contributed by atoms with Gasteiger partial charge in [0.05, 0.1) is 5.52 Å². The highest BCUT2D eigenvalue weighted by atomic mass is 35.5. The van der Waals surface area contributed by atoms with E-state index in [9.17, 15) is 0 Å². The third-order valence-corrected chi connectivity index (χ3v) is 3.77. The van der Waals surface area contributed by atoms with Crippen LogP contribution in [0.2, 0.25) is 5.02 Å². The number of benzene rings is 2. The molecule has 1 aromatic heterocycles. The highest BCUT2D eigenvalue weighted by Crippen LogP contribution is 2.26. The van der Waals surface area contributed by atoms with Gasteiger partial charge in [-0.1, -0.05) is 48.0 Å². The first kappa shape index (κ1) is 13.2. The minimum atomic E-state index is 0.660. The van der Waals surface area contributed by atoms with Crippen molar-refractivity contribution >= 4 is 22.5 Å². The number of hydrogen-bond acceptors (Lipinski definition) is 1. The Hall–Kier alpha value is -1.77. The molecule has 0 aliphatic rings. The van der Waals surface area contributed by atoms with E-state index in [0.717, 1.165) is 18.0 Å². The van der Waals surface area contributed by atoms with E-state index in [4.69, 9.17) is 17.3 Å². The van der Waals surface area contributed by atoms with E-state index in [0.29, 0.717) is 6.54 Å². The lowest BCUT2D eigenvalue weighted by molar-refractivity contribution is 0.827. The smallest absolute Gasteiger partial charge is 0.0501 e. The van der Waals surface area contributed by atoms with Crippen molar-refractivity contribution in [2.45, 2.75) is 13.0 Å². The summed E-state index contributed by atoms with van der Waals surface area (Å²) in [6.07, 6.45) is 3.08. The van der Waals surface area contributed by atoms with E-state index in [1.165, 1.54) is 22.0 Å². The number of nitrogens with two attached hydrogens (primary N) is 1. The van der Waals surface area contributed by atoms with Gasteiger partial charge in [-0.2, -0.15) is 0 Å². The van der Waals surface area contributed by atoms with E-state index in [2.05, 4.69) is 41.1 Å². The fraction of sp³-hybridized carbons (Fsp3) is 0.176. The number of halogens is 1. The fourth-order valence-corrected chi connectivity index (χ4v) is 2.77. The van der Waals surface area contributed by atoms with Crippen molar-refractivity contribution in [3.05, 3.63) is 70.9 Å². The molecule has 0 spiro atoms. The van der Waals surface area contributed by atoms with Gasteiger partial charge in [-0.3, -0.25) is 0 Å². The van der Waals surface area contributed by atoms with E-state index < -0.39 is 0 Å². The minimum Gasteiger partial charge on any atom is -0.343 e. The van der Waals surface area contributed by atoms with Crippen LogP contribution < -0.4 is 5.73 Å². The molecule has 2 nitrogen and oxygen atoms in total. The first-order valence-electron chi connectivity index (χ1n) is 6.79. The Morgan fingerprint density at radius 3 is 2.60 bits per heavy atom. The van der Waals surface area contributed by atoms with Crippen LogP contribution in [0.4, 0.5) is 0 Å². The Balaban J connectivity index is 2.07. The van der Waals surface area contributed by atoms with Crippen LogP contribution in [0.25, 0.3) is 10.9 Å². The Morgan fingerprint density at radius 1 is 1.05 bits per heavy atom. The summed E-state index contributed by atoms with van der Waals surface area (Å²) in [6, 6.07) is 16.5.